The molecule has 1 aromatic heterocycles. The number of hydrogen-bond donors (Lipinski definition) is 2. The summed E-state index contributed by atoms with van der Waals surface area (Å²) in [5.74, 6) is -2.45. The second-order valence-corrected chi connectivity index (χ2v) is 7.17. The fraction of sp³-hybridized carbons (Fsp3) is 0.174. The van der Waals surface area contributed by atoms with Crippen LogP contribution in [0.4, 0.5) is 14.9 Å². The van der Waals surface area contributed by atoms with Crippen molar-refractivity contribution in [1.29, 1.82) is 0 Å². The maximum Gasteiger partial charge on any atom is 1.00 e. The Balaban J connectivity index is 0.00000306. The van der Waals surface area contributed by atoms with Crippen LogP contribution in [-0.4, -0.2) is 23.7 Å². The van der Waals surface area contributed by atoms with Crippen LogP contribution in [0.3, 0.4) is 0 Å². The van der Waals surface area contributed by atoms with Gasteiger partial charge in [0.05, 0.1) is 13.2 Å². The number of ether oxygens (including phenoxy) is 1. The smallest absolute Gasteiger partial charge is 0.871 e. The predicted molar refractivity (Wildman–Crippen MR) is 114 cm³/mol. The molecule has 35 heavy (non-hydrogen) atoms. The zero-order chi connectivity index (χ0) is 24.1. The van der Waals surface area contributed by atoms with Gasteiger partial charge >= 0.3 is 65.1 Å². The van der Waals surface area contributed by atoms with E-state index in [9.17, 15) is 29.0 Å². The number of anilines is 1. The van der Waals surface area contributed by atoms with Gasteiger partial charge in [0.15, 0.2) is 0 Å². The first-order valence-corrected chi connectivity index (χ1v) is 9.77. The number of methoxy groups -OCH3 is 1. The standard InChI is InChI=1S/C23H22FN3O6.2Na/c1-27-9-8-19(28)21(22(27)31)26-23(32)25-18(12-20(29)30)16-11-14(6-7-17(16)24)13-4-3-5-15(10-13)33-2;;/h3-11,18,28H,12H2,1-2H3,(H,29,30)(H2,25,26,32);;/q;2*+1/p-2/t18-;;/m0../s1. The Morgan fingerprint density at radius 1 is 1.11 bits per heavy atom. The molecule has 1 heterocycles. The third-order valence-electron chi connectivity index (χ3n) is 4.92. The van der Waals surface area contributed by atoms with Crippen LogP contribution < -0.4 is 90.3 Å². The van der Waals surface area contributed by atoms with Crippen LogP contribution in [0.5, 0.6) is 11.5 Å². The van der Waals surface area contributed by atoms with Gasteiger partial charge < -0.3 is 34.9 Å². The molecular formula is C23H20FN3Na2O6. The number of urea groups is 1. The van der Waals surface area contributed by atoms with Crippen molar-refractivity contribution in [2.45, 2.75) is 12.5 Å². The molecule has 0 aliphatic carbocycles. The molecule has 1 atom stereocenters. The van der Waals surface area contributed by atoms with Crippen molar-refractivity contribution >= 4 is 17.7 Å². The van der Waals surface area contributed by atoms with Gasteiger partial charge in [-0.3, -0.25) is 4.79 Å². The van der Waals surface area contributed by atoms with Gasteiger partial charge in [0, 0.05) is 31.2 Å². The van der Waals surface area contributed by atoms with E-state index in [-0.39, 0.29) is 64.7 Å². The molecule has 0 aliphatic heterocycles. The Bertz CT molecular complexity index is 1270. The normalized spacial score (nSPS) is 10.8. The Kier molecular flexibility index (Phi) is 12.0. The molecule has 0 saturated heterocycles. The molecule has 2 N–H and O–H groups in total. The van der Waals surface area contributed by atoms with Gasteiger partial charge in [0.1, 0.15) is 17.3 Å². The van der Waals surface area contributed by atoms with Gasteiger partial charge in [-0.25, -0.2) is 9.18 Å². The molecule has 3 aromatic rings. The van der Waals surface area contributed by atoms with Crippen molar-refractivity contribution in [2.75, 3.05) is 12.4 Å². The summed E-state index contributed by atoms with van der Waals surface area (Å²) in [6, 6.07) is 9.69. The minimum absolute atomic E-state index is 0. The number of hydrogen-bond acceptors (Lipinski definition) is 6. The average molecular weight is 499 g/mol. The zero-order valence-electron chi connectivity index (χ0n) is 19.8. The summed E-state index contributed by atoms with van der Waals surface area (Å²) >= 11 is 0. The van der Waals surface area contributed by atoms with E-state index < -0.39 is 47.3 Å². The molecule has 12 heteroatoms. The number of pyridine rings is 1. The summed E-state index contributed by atoms with van der Waals surface area (Å²) in [6.07, 6.45) is 0.495. The van der Waals surface area contributed by atoms with Gasteiger partial charge in [-0.2, -0.15) is 0 Å². The third kappa shape index (κ3) is 7.83. The van der Waals surface area contributed by atoms with Gasteiger partial charge in [0.25, 0.3) is 5.56 Å². The van der Waals surface area contributed by atoms with Crippen LogP contribution in [0.2, 0.25) is 0 Å². The Morgan fingerprint density at radius 2 is 1.80 bits per heavy atom. The van der Waals surface area contributed by atoms with Crippen LogP contribution in [0, 0.1) is 5.82 Å². The minimum Gasteiger partial charge on any atom is -0.871 e. The topological polar surface area (TPSA) is 136 Å². The first-order valence-electron chi connectivity index (χ1n) is 9.77. The van der Waals surface area contributed by atoms with E-state index in [2.05, 4.69) is 10.6 Å². The molecule has 0 saturated carbocycles. The van der Waals surface area contributed by atoms with Crippen molar-refractivity contribution < 1.29 is 88.0 Å². The number of benzene rings is 2. The molecular weight excluding hydrogens is 479 g/mol. The van der Waals surface area contributed by atoms with Crippen LogP contribution >= 0.6 is 0 Å². The van der Waals surface area contributed by atoms with E-state index in [1.165, 1.54) is 32.5 Å². The summed E-state index contributed by atoms with van der Waals surface area (Å²) in [5.41, 5.74) is -0.153. The fourth-order valence-corrected chi connectivity index (χ4v) is 3.23. The quantitative estimate of drug-likeness (QED) is 0.314. The van der Waals surface area contributed by atoms with Crippen molar-refractivity contribution in [2.24, 2.45) is 7.05 Å². The number of aromatic nitrogens is 1. The largest absolute Gasteiger partial charge is 1.00 e. The molecule has 2 aromatic carbocycles. The number of aliphatic carboxylic acids is 1. The summed E-state index contributed by atoms with van der Waals surface area (Å²) in [4.78, 5) is 35.9. The first-order chi connectivity index (χ1) is 15.7. The number of rotatable bonds is 7. The Morgan fingerprint density at radius 3 is 2.46 bits per heavy atom. The molecule has 0 fully saturated rings. The third-order valence-corrected chi connectivity index (χ3v) is 4.92. The van der Waals surface area contributed by atoms with E-state index in [1.807, 2.05) is 0 Å². The predicted octanol–water partition coefficient (Wildman–Crippen LogP) is -4.72. The molecule has 2 amide bonds. The Hall–Kier alpha value is -2.34. The van der Waals surface area contributed by atoms with Gasteiger partial charge in [0.2, 0.25) is 0 Å². The van der Waals surface area contributed by atoms with Crippen LogP contribution in [0.25, 0.3) is 11.1 Å². The summed E-state index contributed by atoms with van der Waals surface area (Å²) < 4.78 is 21.0. The van der Waals surface area contributed by atoms with Crippen molar-refractivity contribution in [3.8, 4) is 22.6 Å². The van der Waals surface area contributed by atoms with Crippen molar-refractivity contribution in [3.63, 3.8) is 0 Å². The molecule has 3 rings (SSSR count). The number of aryl methyl sites for hydroxylation is 1. The number of carbonyl (C=O) groups excluding carboxylic acids is 2. The average Bonchev–Trinajstić information content (AvgIpc) is 2.79. The van der Waals surface area contributed by atoms with E-state index in [1.54, 1.807) is 24.3 Å². The molecule has 9 nitrogen and oxygen atoms in total. The van der Waals surface area contributed by atoms with Crippen molar-refractivity contribution in [3.05, 3.63) is 76.5 Å². The molecule has 0 aliphatic rings. The molecule has 0 radical (unpaired) electrons. The maximum absolute atomic E-state index is 14.7. The summed E-state index contributed by atoms with van der Waals surface area (Å²) in [7, 11) is 2.89. The number of nitrogens with one attached hydrogen (secondary N) is 2. The van der Waals surface area contributed by atoms with Gasteiger partial charge in [-0.05, 0) is 35.4 Å². The van der Waals surface area contributed by atoms with Crippen LogP contribution in [-0.2, 0) is 11.8 Å². The number of nitrogens with zero attached hydrogens (tertiary/aromatic N) is 1. The van der Waals surface area contributed by atoms with E-state index in [0.717, 1.165) is 16.7 Å². The number of halogens is 1. The molecule has 0 bridgehead atoms. The number of carbonyl (C=O) groups is 2. The monoisotopic (exact) mass is 499 g/mol. The fourth-order valence-electron chi connectivity index (χ4n) is 3.23. The maximum atomic E-state index is 14.7. The zero-order valence-corrected chi connectivity index (χ0v) is 23.8. The SMILES string of the molecule is COc1cccc(-c2ccc(F)c([C@H](CC(=O)[O-])NC(=O)Nc3c([O-])ccn(C)c3=O)c2)c1.[Na+].[Na+]. The van der Waals surface area contributed by atoms with E-state index in [0.29, 0.717) is 16.9 Å². The second kappa shape index (κ2) is 13.7. The summed E-state index contributed by atoms with van der Waals surface area (Å²) in [5, 5.41) is 27.7. The second-order valence-electron chi connectivity index (χ2n) is 7.17. The van der Waals surface area contributed by atoms with E-state index in [4.69, 9.17) is 4.74 Å². The number of carboxylic acids is 1. The van der Waals surface area contributed by atoms with Crippen LogP contribution in [0.15, 0.2) is 59.5 Å². The first kappa shape index (κ1) is 30.7. The van der Waals surface area contributed by atoms with E-state index >= 15 is 0 Å². The minimum atomic E-state index is -1.54. The molecule has 0 unspecified atom stereocenters. The van der Waals surface area contributed by atoms with Gasteiger partial charge in [-0.1, -0.05) is 30.0 Å². The molecule has 0 spiro atoms. The van der Waals surface area contributed by atoms with Crippen LogP contribution in [0.1, 0.15) is 18.0 Å². The van der Waals surface area contributed by atoms with Crippen molar-refractivity contribution in [1.82, 2.24) is 9.88 Å². The number of amides is 2. The molecule has 172 valence electrons. The summed E-state index contributed by atoms with van der Waals surface area (Å²) in [6.45, 7) is 0. The van der Waals surface area contributed by atoms with Gasteiger partial charge in [-0.15, -0.1) is 0 Å². The Labute approximate surface area is 244 Å². The number of carboxylic acid groups (broad SMARTS) is 1.